The Morgan fingerprint density at radius 3 is 2.23 bits per heavy atom. The highest BCUT2D eigenvalue weighted by atomic mass is 35.5. The third-order valence-corrected chi connectivity index (χ3v) is 6.21. The predicted molar refractivity (Wildman–Crippen MR) is 123 cm³/mol. The third kappa shape index (κ3) is 5.77. The van der Waals surface area contributed by atoms with Crippen molar-refractivity contribution in [3.8, 4) is 5.75 Å². The highest BCUT2D eigenvalue weighted by Gasteiger charge is 2.17. The number of benzene rings is 3. The number of aryl methyl sites for hydroxylation is 3. The van der Waals surface area contributed by atoms with Gasteiger partial charge in [0.05, 0.1) is 9.92 Å². The summed E-state index contributed by atoms with van der Waals surface area (Å²) < 4.78 is 33.1. The summed E-state index contributed by atoms with van der Waals surface area (Å²) >= 11 is 6.20. The zero-order chi connectivity index (χ0) is 22.6. The van der Waals surface area contributed by atoms with Gasteiger partial charge in [-0.25, -0.2) is 8.42 Å². The Kier molecular flexibility index (Phi) is 6.87. The zero-order valence-electron chi connectivity index (χ0n) is 17.4. The second-order valence-electron chi connectivity index (χ2n) is 7.17. The van der Waals surface area contributed by atoms with Gasteiger partial charge >= 0.3 is 0 Å². The predicted octanol–water partition coefficient (Wildman–Crippen LogP) is 5.08. The number of nitrogens with one attached hydrogen (secondary N) is 2. The fourth-order valence-electron chi connectivity index (χ4n) is 3.18. The lowest BCUT2D eigenvalue weighted by Gasteiger charge is -2.14. The quantitative estimate of drug-likeness (QED) is 0.516. The van der Waals surface area contributed by atoms with Crippen LogP contribution in [0.1, 0.15) is 16.7 Å². The van der Waals surface area contributed by atoms with Gasteiger partial charge in [-0.2, -0.15) is 0 Å². The van der Waals surface area contributed by atoms with E-state index in [4.69, 9.17) is 16.3 Å². The molecule has 0 spiro atoms. The van der Waals surface area contributed by atoms with E-state index in [0.717, 1.165) is 22.4 Å². The molecular formula is C23H23ClN2O4S. The molecule has 0 aliphatic heterocycles. The van der Waals surface area contributed by atoms with E-state index in [0.29, 0.717) is 5.69 Å². The molecule has 0 heterocycles. The summed E-state index contributed by atoms with van der Waals surface area (Å²) in [5.74, 6) is -0.124. The number of anilines is 2. The summed E-state index contributed by atoms with van der Waals surface area (Å²) in [5, 5.41) is 2.93. The van der Waals surface area contributed by atoms with Crippen molar-refractivity contribution in [3.63, 3.8) is 0 Å². The van der Waals surface area contributed by atoms with E-state index in [2.05, 4.69) is 10.0 Å². The van der Waals surface area contributed by atoms with Gasteiger partial charge in [-0.3, -0.25) is 9.52 Å². The van der Waals surface area contributed by atoms with E-state index in [1.165, 1.54) is 18.2 Å². The second-order valence-corrected chi connectivity index (χ2v) is 9.26. The lowest BCUT2D eigenvalue weighted by Crippen LogP contribution is -2.21. The summed E-state index contributed by atoms with van der Waals surface area (Å²) in [7, 11) is -3.81. The van der Waals surface area contributed by atoms with Gasteiger partial charge in [-0.1, -0.05) is 47.5 Å². The maximum absolute atomic E-state index is 12.5. The Morgan fingerprint density at radius 2 is 1.61 bits per heavy atom. The Bertz CT molecular complexity index is 1190. The van der Waals surface area contributed by atoms with Gasteiger partial charge in [-0.15, -0.1) is 0 Å². The first kappa shape index (κ1) is 22.7. The van der Waals surface area contributed by atoms with Crippen LogP contribution in [0.4, 0.5) is 11.4 Å². The maximum atomic E-state index is 12.5. The van der Waals surface area contributed by atoms with Crippen LogP contribution in [0, 0.1) is 20.8 Å². The van der Waals surface area contributed by atoms with Crippen molar-refractivity contribution in [1.29, 1.82) is 0 Å². The molecule has 0 aromatic heterocycles. The molecule has 8 heteroatoms. The van der Waals surface area contributed by atoms with Gasteiger partial charge in [-0.05, 0) is 62.2 Å². The van der Waals surface area contributed by atoms with Gasteiger partial charge in [0.15, 0.2) is 6.61 Å². The number of ether oxygens (including phenoxy) is 1. The maximum Gasteiger partial charge on any atom is 0.262 e. The molecule has 0 bridgehead atoms. The van der Waals surface area contributed by atoms with Crippen molar-refractivity contribution < 1.29 is 17.9 Å². The molecule has 0 aliphatic rings. The molecule has 0 saturated carbocycles. The van der Waals surface area contributed by atoms with E-state index in [9.17, 15) is 13.2 Å². The molecule has 0 unspecified atom stereocenters. The molecule has 2 N–H and O–H groups in total. The molecule has 3 aromatic carbocycles. The number of para-hydroxylation sites is 1. The highest BCUT2D eigenvalue weighted by molar-refractivity contribution is 7.92. The monoisotopic (exact) mass is 458 g/mol. The van der Waals surface area contributed by atoms with Crippen LogP contribution in [0.15, 0.2) is 65.6 Å². The fraction of sp³-hybridized carbons (Fsp3) is 0.174. The molecule has 3 rings (SSSR count). The van der Waals surface area contributed by atoms with Crippen LogP contribution < -0.4 is 14.8 Å². The van der Waals surface area contributed by atoms with Crippen LogP contribution in [0.25, 0.3) is 0 Å². The van der Waals surface area contributed by atoms with Crippen molar-refractivity contribution in [2.75, 3.05) is 16.6 Å². The number of hydrogen-bond donors (Lipinski definition) is 2. The number of carbonyl (C=O) groups is 1. The molecule has 3 aromatic rings. The van der Waals surface area contributed by atoms with Gasteiger partial charge < -0.3 is 10.1 Å². The van der Waals surface area contributed by atoms with Gasteiger partial charge in [0.25, 0.3) is 15.9 Å². The molecule has 1 amide bonds. The van der Waals surface area contributed by atoms with Crippen LogP contribution in [0.5, 0.6) is 5.75 Å². The summed E-state index contributed by atoms with van der Waals surface area (Å²) in [5.41, 5.74) is 4.23. The van der Waals surface area contributed by atoms with E-state index in [-0.39, 0.29) is 28.2 Å². The number of amides is 1. The van der Waals surface area contributed by atoms with Crippen molar-refractivity contribution in [2.45, 2.75) is 25.7 Å². The van der Waals surface area contributed by atoms with Crippen molar-refractivity contribution in [3.05, 3.63) is 82.4 Å². The van der Waals surface area contributed by atoms with E-state index in [1.54, 1.807) is 30.3 Å². The van der Waals surface area contributed by atoms with Crippen LogP contribution in [0.2, 0.25) is 5.02 Å². The minimum absolute atomic E-state index is 0.0101. The molecule has 31 heavy (non-hydrogen) atoms. The Morgan fingerprint density at radius 1 is 0.968 bits per heavy atom. The molecule has 0 fully saturated rings. The Labute approximate surface area is 187 Å². The highest BCUT2D eigenvalue weighted by Crippen LogP contribution is 2.28. The average Bonchev–Trinajstić information content (AvgIpc) is 2.70. The lowest BCUT2D eigenvalue weighted by atomic mass is 10.1. The topological polar surface area (TPSA) is 84.5 Å². The fourth-order valence-corrected chi connectivity index (χ4v) is 4.57. The minimum atomic E-state index is -3.81. The summed E-state index contributed by atoms with van der Waals surface area (Å²) in [6.07, 6.45) is 0. The van der Waals surface area contributed by atoms with Gasteiger partial charge in [0.2, 0.25) is 0 Å². The van der Waals surface area contributed by atoms with Gasteiger partial charge in [0, 0.05) is 11.4 Å². The molecule has 0 saturated heterocycles. The second kappa shape index (κ2) is 9.41. The first-order valence-corrected chi connectivity index (χ1v) is 11.4. The van der Waals surface area contributed by atoms with Crippen molar-refractivity contribution >= 4 is 38.9 Å². The zero-order valence-corrected chi connectivity index (χ0v) is 19.0. The normalized spacial score (nSPS) is 11.1. The summed E-state index contributed by atoms with van der Waals surface area (Å²) in [6.45, 7) is 5.59. The molecule has 0 aliphatic carbocycles. The number of carbonyl (C=O) groups excluding carboxylic acids is 1. The Hall–Kier alpha value is -3.03. The molecule has 0 radical (unpaired) electrons. The summed E-state index contributed by atoms with van der Waals surface area (Å²) in [4.78, 5) is 12.3. The SMILES string of the molecule is Cc1cc(C)c(NC(=O)COc2ccc(S(=O)(=O)Nc3ccccc3)cc2Cl)c(C)c1. The average molecular weight is 459 g/mol. The van der Waals surface area contributed by atoms with Crippen LogP contribution >= 0.6 is 11.6 Å². The minimum Gasteiger partial charge on any atom is -0.482 e. The number of halogens is 1. The van der Waals surface area contributed by atoms with E-state index < -0.39 is 10.0 Å². The van der Waals surface area contributed by atoms with Crippen LogP contribution in [-0.2, 0) is 14.8 Å². The Balaban J connectivity index is 1.66. The van der Waals surface area contributed by atoms with Crippen LogP contribution in [0.3, 0.4) is 0 Å². The molecule has 0 atom stereocenters. The number of rotatable bonds is 7. The van der Waals surface area contributed by atoms with Crippen molar-refractivity contribution in [1.82, 2.24) is 0 Å². The summed E-state index contributed by atoms with van der Waals surface area (Å²) in [6, 6.07) is 16.6. The molecule has 162 valence electrons. The first-order chi connectivity index (χ1) is 14.7. The van der Waals surface area contributed by atoms with Crippen molar-refractivity contribution in [2.24, 2.45) is 0 Å². The third-order valence-electron chi connectivity index (χ3n) is 4.54. The standard InChI is InChI=1S/C23H23ClN2O4S/c1-15-11-16(2)23(17(3)12-15)25-22(27)14-30-21-10-9-19(13-20(21)24)31(28,29)26-18-7-5-4-6-8-18/h4-13,26H,14H2,1-3H3,(H,25,27). The largest absolute Gasteiger partial charge is 0.482 e. The van der Waals surface area contributed by atoms with E-state index in [1.807, 2.05) is 32.9 Å². The lowest BCUT2D eigenvalue weighted by molar-refractivity contribution is -0.118. The van der Waals surface area contributed by atoms with E-state index >= 15 is 0 Å². The first-order valence-electron chi connectivity index (χ1n) is 9.53. The molecule has 6 nitrogen and oxygen atoms in total. The van der Waals surface area contributed by atoms with Gasteiger partial charge in [0.1, 0.15) is 5.75 Å². The van der Waals surface area contributed by atoms with Crippen LogP contribution in [-0.4, -0.2) is 20.9 Å². The molecular weight excluding hydrogens is 436 g/mol. The smallest absolute Gasteiger partial charge is 0.262 e. The number of sulfonamides is 1. The number of hydrogen-bond acceptors (Lipinski definition) is 4.